The first kappa shape index (κ1) is 18.1. The van der Waals surface area contributed by atoms with Gasteiger partial charge in [0.2, 0.25) is 5.91 Å². The lowest BCUT2D eigenvalue weighted by Crippen LogP contribution is -2.55. The summed E-state index contributed by atoms with van der Waals surface area (Å²) in [7, 11) is 3.54. The van der Waals surface area contributed by atoms with Crippen LogP contribution in [0.25, 0.3) is 0 Å². The summed E-state index contributed by atoms with van der Waals surface area (Å²) in [6.45, 7) is -0.315. The number of halogens is 3. The Hall–Kier alpha value is -2.25. The number of carbonyl (C=O) groups excluding carboxylic acids is 2. The summed E-state index contributed by atoms with van der Waals surface area (Å²) in [6.07, 6.45) is -4.84. The van der Waals surface area contributed by atoms with Crippen LogP contribution in [-0.4, -0.2) is 49.6 Å². The molecule has 2 N–H and O–H groups in total. The normalized spacial score (nSPS) is 21.5. The third-order valence-electron chi connectivity index (χ3n) is 4.23. The van der Waals surface area contributed by atoms with Crippen LogP contribution in [-0.2, 0) is 4.79 Å². The zero-order valence-electron chi connectivity index (χ0n) is 13.5. The summed E-state index contributed by atoms with van der Waals surface area (Å²) in [5.74, 6) is -2.19. The maximum atomic E-state index is 13.3. The summed E-state index contributed by atoms with van der Waals surface area (Å²) in [4.78, 5) is 26.5. The van der Waals surface area contributed by atoms with E-state index < -0.39 is 30.0 Å². The van der Waals surface area contributed by atoms with Crippen molar-refractivity contribution in [2.75, 3.05) is 25.5 Å². The van der Waals surface area contributed by atoms with E-state index in [9.17, 15) is 22.8 Å². The zero-order chi connectivity index (χ0) is 18.1. The van der Waals surface area contributed by atoms with Crippen molar-refractivity contribution in [3.63, 3.8) is 0 Å². The molecule has 2 rings (SSSR count). The van der Waals surface area contributed by atoms with Crippen LogP contribution in [0.5, 0.6) is 0 Å². The Morgan fingerprint density at radius 1 is 1.25 bits per heavy atom. The van der Waals surface area contributed by atoms with Gasteiger partial charge in [-0.25, -0.2) is 0 Å². The molecule has 132 valence electrons. The minimum atomic E-state index is -4.54. The summed E-state index contributed by atoms with van der Waals surface area (Å²) < 4.78 is 39.9. The van der Waals surface area contributed by atoms with Crippen LogP contribution < -0.4 is 10.6 Å². The van der Waals surface area contributed by atoms with Crippen molar-refractivity contribution in [1.29, 1.82) is 0 Å². The number of anilines is 1. The fraction of sp³-hybridized carbons (Fsp3) is 0.500. The Bertz CT molecular complexity index is 631. The smallest absolute Gasteiger partial charge is 0.378 e. The van der Waals surface area contributed by atoms with Crippen molar-refractivity contribution in [2.45, 2.75) is 25.1 Å². The number of amides is 2. The van der Waals surface area contributed by atoms with E-state index >= 15 is 0 Å². The molecule has 1 fully saturated rings. The molecule has 0 spiro atoms. The number of carbonyl (C=O) groups is 2. The molecule has 2 amide bonds. The van der Waals surface area contributed by atoms with Crippen molar-refractivity contribution in [3.05, 3.63) is 29.8 Å². The van der Waals surface area contributed by atoms with Crippen LogP contribution in [0.4, 0.5) is 18.9 Å². The number of hydrogen-bond acceptors (Lipinski definition) is 3. The van der Waals surface area contributed by atoms with Crippen molar-refractivity contribution in [1.82, 2.24) is 4.90 Å². The second-order valence-corrected chi connectivity index (χ2v) is 6.14. The average molecular weight is 343 g/mol. The molecule has 0 aromatic heterocycles. The molecule has 1 heterocycles. The van der Waals surface area contributed by atoms with Gasteiger partial charge in [-0.2, -0.15) is 13.2 Å². The Morgan fingerprint density at radius 2 is 1.92 bits per heavy atom. The molecule has 0 radical (unpaired) electrons. The fourth-order valence-corrected chi connectivity index (χ4v) is 2.85. The molecular formula is C16H20F3N3O2. The van der Waals surface area contributed by atoms with Crippen LogP contribution in [0.3, 0.4) is 0 Å². The van der Waals surface area contributed by atoms with E-state index in [2.05, 4.69) is 0 Å². The highest BCUT2D eigenvalue weighted by Crippen LogP contribution is 2.34. The molecule has 5 nitrogen and oxygen atoms in total. The zero-order valence-corrected chi connectivity index (χ0v) is 13.5. The number of benzene rings is 1. The molecule has 0 bridgehead atoms. The van der Waals surface area contributed by atoms with Gasteiger partial charge in [0.05, 0.1) is 5.92 Å². The fourth-order valence-electron chi connectivity index (χ4n) is 2.85. The summed E-state index contributed by atoms with van der Waals surface area (Å²) in [5.41, 5.74) is 6.08. The van der Waals surface area contributed by atoms with E-state index in [4.69, 9.17) is 5.73 Å². The number of nitrogens with zero attached hydrogens (tertiary/aromatic N) is 2. The number of primary amides is 1. The van der Waals surface area contributed by atoms with Gasteiger partial charge in [-0.1, -0.05) is 6.07 Å². The first-order valence-electron chi connectivity index (χ1n) is 7.55. The van der Waals surface area contributed by atoms with Crippen molar-refractivity contribution >= 4 is 17.5 Å². The number of piperidine rings is 1. The molecule has 1 aromatic carbocycles. The summed E-state index contributed by atoms with van der Waals surface area (Å²) in [6, 6.07) is 4.46. The number of likely N-dealkylation sites (tertiary alicyclic amines) is 1. The Balaban J connectivity index is 2.34. The predicted octanol–water partition coefficient (Wildman–Crippen LogP) is 2.02. The van der Waals surface area contributed by atoms with E-state index in [1.54, 1.807) is 31.1 Å². The topological polar surface area (TPSA) is 66.6 Å². The monoisotopic (exact) mass is 343 g/mol. The Kier molecular flexibility index (Phi) is 5.05. The summed E-state index contributed by atoms with van der Waals surface area (Å²) >= 11 is 0. The third kappa shape index (κ3) is 3.80. The van der Waals surface area contributed by atoms with Gasteiger partial charge in [0, 0.05) is 31.9 Å². The van der Waals surface area contributed by atoms with Crippen LogP contribution in [0, 0.1) is 5.92 Å². The maximum absolute atomic E-state index is 13.3. The number of alkyl halides is 3. The molecule has 24 heavy (non-hydrogen) atoms. The van der Waals surface area contributed by atoms with Crippen molar-refractivity contribution in [3.8, 4) is 0 Å². The van der Waals surface area contributed by atoms with Crippen LogP contribution in [0.2, 0.25) is 0 Å². The van der Waals surface area contributed by atoms with Crippen LogP contribution >= 0.6 is 0 Å². The standard InChI is InChI=1S/C16H20F3N3O2/c1-21(2)12-5-3-4-10(8-12)15(24)22-9-11(14(20)23)6-7-13(22)16(17,18)19/h3-5,8,11,13H,6-7,9H2,1-2H3,(H2,20,23). The Labute approximate surface area is 138 Å². The molecular weight excluding hydrogens is 323 g/mol. The van der Waals surface area contributed by atoms with Gasteiger partial charge in [0.15, 0.2) is 0 Å². The van der Waals surface area contributed by atoms with Gasteiger partial charge in [0.25, 0.3) is 5.91 Å². The lowest BCUT2D eigenvalue weighted by atomic mass is 9.91. The number of rotatable bonds is 3. The molecule has 1 aliphatic heterocycles. The van der Waals surface area contributed by atoms with E-state index in [-0.39, 0.29) is 24.9 Å². The molecule has 1 aromatic rings. The third-order valence-corrected chi connectivity index (χ3v) is 4.23. The minimum absolute atomic E-state index is 0.0288. The first-order valence-corrected chi connectivity index (χ1v) is 7.55. The van der Waals surface area contributed by atoms with Gasteiger partial charge in [0.1, 0.15) is 6.04 Å². The van der Waals surface area contributed by atoms with Crippen molar-refractivity contribution < 1.29 is 22.8 Å². The largest absolute Gasteiger partial charge is 0.408 e. The lowest BCUT2D eigenvalue weighted by Gasteiger charge is -2.39. The van der Waals surface area contributed by atoms with Crippen molar-refractivity contribution in [2.24, 2.45) is 11.7 Å². The summed E-state index contributed by atoms with van der Waals surface area (Å²) in [5, 5.41) is 0. The van der Waals surface area contributed by atoms with E-state index in [0.29, 0.717) is 5.69 Å². The molecule has 0 aliphatic carbocycles. The molecule has 1 aliphatic rings. The number of nitrogens with two attached hydrogens (primary N) is 1. The lowest BCUT2D eigenvalue weighted by molar-refractivity contribution is -0.187. The van der Waals surface area contributed by atoms with Crippen LogP contribution in [0.1, 0.15) is 23.2 Å². The number of hydrogen-bond donors (Lipinski definition) is 1. The second kappa shape index (κ2) is 6.70. The van der Waals surface area contributed by atoms with Gasteiger partial charge >= 0.3 is 6.18 Å². The first-order chi connectivity index (χ1) is 11.1. The second-order valence-electron chi connectivity index (χ2n) is 6.14. The predicted molar refractivity (Wildman–Crippen MR) is 83.6 cm³/mol. The average Bonchev–Trinajstić information content (AvgIpc) is 2.52. The van der Waals surface area contributed by atoms with Gasteiger partial charge in [-0.15, -0.1) is 0 Å². The van der Waals surface area contributed by atoms with Crippen LogP contribution in [0.15, 0.2) is 24.3 Å². The highest BCUT2D eigenvalue weighted by Gasteiger charge is 2.48. The maximum Gasteiger partial charge on any atom is 0.408 e. The SMILES string of the molecule is CN(C)c1cccc(C(=O)N2CC(C(N)=O)CCC2C(F)(F)F)c1. The van der Waals surface area contributed by atoms with Gasteiger partial charge in [-0.05, 0) is 31.0 Å². The molecule has 1 saturated heterocycles. The Morgan fingerprint density at radius 3 is 2.46 bits per heavy atom. The van der Waals surface area contributed by atoms with Gasteiger partial charge in [-0.3, -0.25) is 9.59 Å². The van der Waals surface area contributed by atoms with E-state index in [1.807, 2.05) is 0 Å². The van der Waals surface area contributed by atoms with Gasteiger partial charge < -0.3 is 15.5 Å². The highest BCUT2D eigenvalue weighted by atomic mass is 19.4. The molecule has 0 saturated carbocycles. The highest BCUT2D eigenvalue weighted by molar-refractivity contribution is 5.96. The van der Waals surface area contributed by atoms with E-state index in [1.165, 1.54) is 12.1 Å². The quantitative estimate of drug-likeness (QED) is 0.913. The molecule has 2 unspecified atom stereocenters. The van der Waals surface area contributed by atoms with E-state index in [0.717, 1.165) is 4.90 Å². The molecule has 8 heteroatoms. The molecule has 2 atom stereocenters. The minimum Gasteiger partial charge on any atom is -0.378 e.